The number of benzene rings is 2. The number of hydrogen-bond donors (Lipinski definition) is 2. The average Bonchev–Trinajstić information content (AvgIpc) is 3.17. The van der Waals surface area contributed by atoms with Crippen molar-refractivity contribution >= 4 is 29.3 Å². The van der Waals surface area contributed by atoms with E-state index >= 15 is 0 Å². The number of nitrogens with zero attached hydrogens (tertiary/aromatic N) is 4. The Hall–Kier alpha value is -3.81. The van der Waals surface area contributed by atoms with Crippen molar-refractivity contribution in [1.82, 2.24) is 20.2 Å². The highest BCUT2D eigenvalue weighted by atomic mass is 16.2. The predicted molar refractivity (Wildman–Crippen MR) is 102 cm³/mol. The molecule has 0 aliphatic carbocycles. The number of carbonyl (C=O) groups is 2. The molecule has 3 aromatic rings. The quantitative estimate of drug-likeness (QED) is 0.679. The average molecular weight is 362 g/mol. The van der Waals surface area contributed by atoms with E-state index in [9.17, 15) is 9.59 Å². The molecule has 136 valence electrons. The number of nitrogens with one attached hydrogen (secondary N) is 2. The second-order valence-electron chi connectivity index (χ2n) is 5.88. The predicted octanol–water partition coefficient (Wildman–Crippen LogP) is 2.58. The summed E-state index contributed by atoms with van der Waals surface area (Å²) in [6, 6.07) is 12.7. The van der Waals surface area contributed by atoms with Gasteiger partial charge in [0.1, 0.15) is 6.33 Å². The number of aryl methyl sites for hydroxylation is 1. The largest absolute Gasteiger partial charge is 0.326 e. The van der Waals surface area contributed by atoms with Gasteiger partial charge < -0.3 is 10.6 Å². The van der Waals surface area contributed by atoms with Crippen LogP contribution in [0.1, 0.15) is 18.1 Å². The monoisotopic (exact) mass is 362 g/mol. The van der Waals surface area contributed by atoms with Crippen LogP contribution in [0, 0.1) is 6.92 Å². The summed E-state index contributed by atoms with van der Waals surface area (Å²) in [6.45, 7) is 3.36. The Morgan fingerprint density at radius 2 is 1.85 bits per heavy atom. The Labute approximate surface area is 155 Å². The van der Waals surface area contributed by atoms with Gasteiger partial charge in [0.25, 0.3) is 0 Å². The Morgan fingerprint density at radius 3 is 2.52 bits per heavy atom. The van der Waals surface area contributed by atoms with Gasteiger partial charge in [0.2, 0.25) is 11.8 Å². The first-order valence-corrected chi connectivity index (χ1v) is 8.22. The molecule has 8 nitrogen and oxygen atoms in total. The Kier molecular flexibility index (Phi) is 5.36. The number of anilines is 2. The van der Waals surface area contributed by atoms with Crippen LogP contribution in [0.5, 0.6) is 0 Å². The molecule has 8 heteroatoms. The molecule has 1 aromatic heterocycles. The fourth-order valence-electron chi connectivity index (χ4n) is 2.39. The van der Waals surface area contributed by atoms with Crippen molar-refractivity contribution in [3.63, 3.8) is 0 Å². The highest BCUT2D eigenvalue weighted by Gasteiger charge is 2.05. The number of carbonyl (C=O) groups excluding carboxylic acids is 2. The van der Waals surface area contributed by atoms with Crippen molar-refractivity contribution in [2.24, 2.45) is 0 Å². The summed E-state index contributed by atoms with van der Waals surface area (Å²) < 4.78 is 1.52. The van der Waals surface area contributed by atoms with Gasteiger partial charge in [0.05, 0.1) is 5.69 Å². The second-order valence-corrected chi connectivity index (χ2v) is 5.88. The van der Waals surface area contributed by atoms with Crippen LogP contribution in [-0.4, -0.2) is 32.0 Å². The zero-order valence-corrected chi connectivity index (χ0v) is 14.9. The summed E-state index contributed by atoms with van der Waals surface area (Å²) in [4.78, 5) is 23.3. The highest BCUT2D eigenvalue weighted by Crippen LogP contribution is 2.19. The van der Waals surface area contributed by atoms with Crippen molar-refractivity contribution in [1.29, 1.82) is 0 Å². The topological polar surface area (TPSA) is 102 Å². The SMILES string of the molecule is CC(=O)Nc1ccc(C=CC(=O)Nc2cc(-n3cnnn3)ccc2C)cc1. The molecule has 0 aliphatic rings. The van der Waals surface area contributed by atoms with Gasteiger partial charge in [-0.25, -0.2) is 4.68 Å². The summed E-state index contributed by atoms with van der Waals surface area (Å²) >= 11 is 0. The summed E-state index contributed by atoms with van der Waals surface area (Å²) in [5.74, 6) is -0.380. The summed E-state index contributed by atoms with van der Waals surface area (Å²) in [7, 11) is 0. The maximum absolute atomic E-state index is 12.2. The minimum absolute atomic E-state index is 0.128. The number of tetrazole rings is 1. The molecule has 0 spiro atoms. The van der Waals surface area contributed by atoms with E-state index in [0.29, 0.717) is 11.4 Å². The van der Waals surface area contributed by atoms with Crippen LogP contribution in [0.2, 0.25) is 0 Å². The Bertz CT molecular complexity index is 978. The first-order valence-electron chi connectivity index (χ1n) is 8.22. The maximum Gasteiger partial charge on any atom is 0.248 e. The lowest BCUT2D eigenvalue weighted by atomic mass is 10.1. The highest BCUT2D eigenvalue weighted by molar-refractivity contribution is 6.02. The van der Waals surface area contributed by atoms with Gasteiger partial charge in [0, 0.05) is 24.4 Å². The third-order valence-electron chi connectivity index (χ3n) is 3.75. The van der Waals surface area contributed by atoms with Crippen LogP contribution in [0.4, 0.5) is 11.4 Å². The van der Waals surface area contributed by atoms with Gasteiger partial charge >= 0.3 is 0 Å². The molecule has 2 aromatic carbocycles. The van der Waals surface area contributed by atoms with Crippen LogP contribution in [-0.2, 0) is 9.59 Å². The fraction of sp³-hybridized carbons (Fsp3) is 0.105. The van der Waals surface area contributed by atoms with Crippen LogP contribution >= 0.6 is 0 Å². The van der Waals surface area contributed by atoms with Crippen LogP contribution in [0.25, 0.3) is 11.8 Å². The number of hydrogen-bond acceptors (Lipinski definition) is 5. The van der Waals surface area contributed by atoms with E-state index in [1.54, 1.807) is 24.3 Å². The van der Waals surface area contributed by atoms with Crippen molar-refractivity contribution < 1.29 is 9.59 Å². The van der Waals surface area contributed by atoms with Gasteiger partial charge in [-0.1, -0.05) is 18.2 Å². The van der Waals surface area contributed by atoms with Crippen molar-refractivity contribution in [3.05, 3.63) is 66.0 Å². The Balaban J connectivity index is 1.67. The second kappa shape index (κ2) is 8.05. The van der Waals surface area contributed by atoms with E-state index in [4.69, 9.17) is 0 Å². The Morgan fingerprint density at radius 1 is 1.07 bits per heavy atom. The molecular formula is C19H18N6O2. The molecule has 2 amide bonds. The molecule has 1 heterocycles. The summed E-state index contributed by atoms with van der Waals surface area (Å²) in [5, 5.41) is 16.6. The third kappa shape index (κ3) is 4.85. The van der Waals surface area contributed by atoms with Crippen molar-refractivity contribution in [3.8, 4) is 5.69 Å². The molecule has 0 radical (unpaired) electrons. The molecular weight excluding hydrogens is 344 g/mol. The zero-order valence-electron chi connectivity index (χ0n) is 14.9. The molecule has 0 saturated heterocycles. The molecule has 0 atom stereocenters. The first-order chi connectivity index (χ1) is 13.0. The third-order valence-corrected chi connectivity index (χ3v) is 3.75. The lowest BCUT2D eigenvalue weighted by Crippen LogP contribution is -2.09. The van der Waals surface area contributed by atoms with Gasteiger partial charge in [-0.2, -0.15) is 0 Å². The molecule has 27 heavy (non-hydrogen) atoms. The van der Waals surface area contributed by atoms with Crippen molar-refractivity contribution in [2.75, 3.05) is 10.6 Å². The zero-order chi connectivity index (χ0) is 19.2. The van der Waals surface area contributed by atoms with E-state index in [2.05, 4.69) is 26.2 Å². The molecule has 2 N–H and O–H groups in total. The van der Waals surface area contributed by atoms with Crippen molar-refractivity contribution in [2.45, 2.75) is 13.8 Å². The van der Waals surface area contributed by atoms with E-state index in [0.717, 1.165) is 16.8 Å². The van der Waals surface area contributed by atoms with E-state index in [1.165, 1.54) is 24.0 Å². The molecule has 0 fully saturated rings. The van der Waals surface area contributed by atoms with Gasteiger partial charge in [0.15, 0.2) is 0 Å². The first kappa shape index (κ1) is 18.0. The number of rotatable bonds is 5. The van der Waals surface area contributed by atoms with E-state index in [-0.39, 0.29) is 11.8 Å². The van der Waals surface area contributed by atoms with Crippen LogP contribution in [0.15, 0.2) is 54.9 Å². The summed E-state index contributed by atoms with van der Waals surface area (Å²) in [5.41, 5.74) is 3.91. The maximum atomic E-state index is 12.2. The molecule has 0 bridgehead atoms. The van der Waals surface area contributed by atoms with E-state index in [1.807, 2.05) is 31.2 Å². The van der Waals surface area contributed by atoms with Crippen LogP contribution < -0.4 is 10.6 Å². The molecule has 3 rings (SSSR count). The lowest BCUT2D eigenvalue weighted by molar-refractivity contribution is -0.114. The van der Waals surface area contributed by atoms with Crippen LogP contribution in [0.3, 0.4) is 0 Å². The minimum atomic E-state index is -0.252. The standard InChI is InChI=1S/C19H18N6O2/c1-13-3-9-17(25-12-20-23-24-25)11-18(13)22-19(27)10-6-15-4-7-16(8-5-15)21-14(2)26/h3-12H,1-2H3,(H,21,26)(H,22,27). The summed E-state index contributed by atoms with van der Waals surface area (Å²) in [6.07, 6.45) is 4.64. The van der Waals surface area contributed by atoms with Gasteiger partial charge in [-0.05, 0) is 58.8 Å². The molecule has 0 aliphatic heterocycles. The van der Waals surface area contributed by atoms with Gasteiger partial charge in [-0.3, -0.25) is 9.59 Å². The van der Waals surface area contributed by atoms with E-state index < -0.39 is 0 Å². The van der Waals surface area contributed by atoms with Gasteiger partial charge in [-0.15, -0.1) is 5.10 Å². The molecule has 0 unspecified atom stereocenters. The number of aromatic nitrogens is 4. The normalized spacial score (nSPS) is 10.7. The fourth-order valence-corrected chi connectivity index (χ4v) is 2.39. The smallest absolute Gasteiger partial charge is 0.248 e. The molecule has 0 saturated carbocycles. The minimum Gasteiger partial charge on any atom is -0.326 e. The number of amides is 2. The lowest BCUT2D eigenvalue weighted by Gasteiger charge is -2.09.